The highest BCUT2D eigenvalue weighted by Crippen LogP contribution is 2.30. The third-order valence-corrected chi connectivity index (χ3v) is 6.12. The van der Waals surface area contributed by atoms with Crippen LogP contribution in [0, 0.1) is 5.95 Å². The predicted molar refractivity (Wildman–Crippen MR) is 138 cm³/mol. The van der Waals surface area contributed by atoms with Gasteiger partial charge < -0.3 is 20.6 Å². The van der Waals surface area contributed by atoms with Gasteiger partial charge in [-0.2, -0.15) is 9.37 Å². The van der Waals surface area contributed by atoms with E-state index in [9.17, 15) is 9.50 Å². The largest absolute Gasteiger partial charge is 0.384 e. The molecule has 184 valence electrons. The number of fused-ring (bicyclic) bond motifs is 1. The van der Waals surface area contributed by atoms with E-state index in [1.165, 1.54) is 23.4 Å². The van der Waals surface area contributed by atoms with Gasteiger partial charge in [-0.15, -0.1) is 0 Å². The first-order valence-electron chi connectivity index (χ1n) is 11.8. The zero-order chi connectivity index (χ0) is 25.3. The molecule has 8 nitrogen and oxygen atoms in total. The van der Waals surface area contributed by atoms with Gasteiger partial charge in [-0.3, -0.25) is 0 Å². The second kappa shape index (κ2) is 9.60. The number of hydrogen-bond acceptors (Lipinski definition) is 8. The van der Waals surface area contributed by atoms with Crippen molar-refractivity contribution in [2.45, 2.75) is 32.4 Å². The fraction of sp³-hybridized carbons (Fsp3) is 0.259. The minimum absolute atomic E-state index is 0.405. The van der Waals surface area contributed by atoms with Gasteiger partial charge >= 0.3 is 0 Å². The highest BCUT2D eigenvalue weighted by Gasteiger charge is 2.19. The molecule has 0 unspecified atom stereocenters. The van der Waals surface area contributed by atoms with Crippen molar-refractivity contribution in [1.29, 1.82) is 0 Å². The van der Waals surface area contributed by atoms with Crippen molar-refractivity contribution in [3.63, 3.8) is 0 Å². The lowest BCUT2D eigenvalue weighted by molar-refractivity contribution is 0.0740. The summed E-state index contributed by atoms with van der Waals surface area (Å²) in [6.45, 7) is 5.32. The van der Waals surface area contributed by atoms with Crippen LogP contribution in [-0.4, -0.2) is 43.5 Å². The molecule has 0 aliphatic carbocycles. The molecule has 0 atom stereocenters. The first-order valence-corrected chi connectivity index (χ1v) is 11.8. The zero-order valence-corrected chi connectivity index (χ0v) is 20.5. The third kappa shape index (κ3) is 5.32. The smallest absolute Gasteiger partial charge is 0.229 e. The molecule has 5 rings (SSSR count). The molecule has 1 aromatic carbocycles. The first kappa shape index (κ1) is 23.8. The Balaban J connectivity index is 1.49. The molecule has 36 heavy (non-hydrogen) atoms. The zero-order valence-electron chi connectivity index (χ0n) is 20.5. The normalized spacial score (nSPS) is 13.8. The summed E-state index contributed by atoms with van der Waals surface area (Å²) in [5.74, 6) is 0.822. The van der Waals surface area contributed by atoms with E-state index in [1.54, 1.807) is 38.2 Å². The Bertz CT molecular complexity index is 1390. The van der Waals surface area contributed by atoms with E-state index in [0.29, 0.717) is 34.4 Å². The highest BCUT2D eigenvalue weighted by molar-refractivity contribution is 5.77. The molecule has 1 aliphatic heterocycles. The number of nitrogens with zero attached hydrogens (tertiary/aromatic N) is 5. The monoisotopic (exact) mass is 485 g/mol. The average Bonchev–Trinajstić information content (AvgIpc) is 2.85. The molecular formula is C27H28FN7O. The SMILES string of the molecule is CN1CCc2cc(Nc3ncc(-c4ccc(F)nc4)c(Nc4cccc(C(C)(C)O)n4)n3)ccc2C1. The lowest BCUT2D eigenvalue weighted by Gasteiger charge is -2.25. The maximum Gasteiger partial charge on any atom is 0.229 e. The molecule has 0 spiro atoms. The lowest BCUT2D eigenvalue weighted by Crippen LogP contribution is -2.26. The summed E-state index contributed by atoms with van der Waals surface area (Å²) in [6.07, 6.45) is 4.10. The molecule has 0 fully saturated rings. The van der Waals surface area contributed by atoms with Crippen molar-refractivity contribution < 1.29 is 9.50 Å². The quantitative estimate of drug-likeness (QED) is 0.336. The van der Waals surface area contributed by atoms with Gasteiger partial charge in [-0.05, 0) is 74.8 Å². The maximum atomic E-state index is 13.4. The molecule has 0 amide bonds. The van der Waals surface area contributed by atoms with Crippen LogP contribution in [0.4, 0.5) is 27.7 Å². The Hall–Kier alpha value is -3.95. The van der Waals surface area contributed by atoms with Gasteiger partial charge in [-0.1, -0.05) is 12.1 Å². The van der Waals surface area contributed by atoms with Gasteiger partial charge in [0, 0.05) is 42.3 Å². The number of aliphatic hydroxyl groups is 1. The molecule has 1 aliphatic rings. The number of likely N-dealkylation sites (N-methyl/N-ethyl adjacent to an activating group) is 1. The number of hydrogen-bond donors (Lipinski definition) is 3. The Morgan fingerprint density at radius 1 is 0.972 bits per heavy atom. The molecule has 9 heteroatoms. The van der Waals surface area contributed by atoms with Gasteiger partial charge in [0.15, 0.2) is 0 Å². The van der Waals surface area contributed by atoms with E-state index in [1.807, 2.05) is 12.1 Å². The summed E-state index contributed by atoms with van der Waals surface area (Å²) in [6, 6.07) is 14.6. The predicted octanol–water partition coefficient (Wildman–Crippen LogP) is 4.78. The van der Waals surface area contributed by atoms with Crippen molar-refractivity contribution >= 4 is 23.3 Å². The highest BCUT2D eigenvalue weighted by atomic mass is 19.1. The fourth-order valence-electron chi connectivity index (χ4n) is 4.15. The lowest BCUT2D eigenvalue weighted by atomic mass is 9.99. The number of anilines is 4. The molecule has 0 saturated carbocycles. The molecule has 3 N–H and O–H groups in total. The van der Waals surface area contributed by atoms with Crippen molar-refractivity contribution in [3.05, 3.63) is 83.7 Å². The summed E-state index contributed by atoms with van der Waals surface area (Å²) in [5.41, 5.74) is 4.26. The van der Waals surface area contributed by atoms with E-state index in [-0.39, 0.29) is 0 Å². The van der Waals surface area contributed by atoms with Crippen LogP contribution in [0.5, 0.6) is 0 Å². The second-order valence-corrected chi connectivity index (χ2v) is 9.51. The van der Waals surface area contributed by atoms with Crippen LogP contribution in [-0.2, 0) is 18.6 Å². The number of halogens is 1. The first-order chi connectivity index (χ1) is 17.2. The van der Waals surface area contributed by atoms with Gasteiger partial charge in [0.25, 0.3) is 0 Å². The minimum Gasteiger partial charge on any atom is -0.384 e. The molecule has 0 bridgehead atoms. The van der Waals surface area contributed by atoms with Gasteiger partial charge in [-0.25, -0.2) is 15.0 Å². The van der Waals surface area contributed by atoms with Crippen LogP contribution < -0.4 is 10.6 Å². The second-order valence-electron chi connectivity index (χ2n) is 9.51. The Labute approximate surface area is 209 Å². The molecule has 3 aromatic heterocycles. The standard InChI is InChI=1S/C27H28FN7O/c1-27(2,36)22-5-4-6-24(32-22)33-25-21(18-8-10-23(28)29-14-18)15-30-26(34-25)31-20-9-7-19-16-35(3)12-11-17(19)13-20/h4-10,13-15,36H,11-12,16H2,1-3H3,(H2,30,31,32,33,34). The summed E-state index contributed by atoms with van der Waals surface area (Å²) in [7, 11) is 2.13. The maximum absolute atomic E-state index is 13.4. The minimum atomic E-state index is -1.10. The van der Waals surface area contributed by atoms with Crippen LogP contribution in [0.2, 0.25) is 0 Å². The third-order valence-electron chi connectivity index (χ3n) is 6.12. The van der Waals surface area contributed by atoms with Crippen LogP contribution in [0.1, 0.15) is 30.7 Å². The summed E-state index contributed by atoms with van der Waals surface area (Å²) in [4.78, 5) is 19.8. The van der Waals surface area contributed by atoms with Crippen molar-refractivity contribution in [1.82, 2.24) is 24.8 Å². The van der Waals surface area contributed by atoms with Gasteiger partial charge in [0.2, 0.25) is 11.9 Å². The summed E-state index contributed by atoms with van der Waals surface area (Å²) in [5, 5.41) is 16.9. The van der Waals surface area contributed by atoms with Gasteiger partial charge in [0.05, 0.1) is 5.69 Å². The summed E-state index contributed by atoms with van der Waals surface area (Å²) >= 11 is 0. The van der Waals surface area contributed by atoms with E-state index in [2.05, 4.69) is 49.7 Å². The fourth-order valence-corrected chi connectivity index (χ4v) is 4.15. The topological polar surface area (TPSA) is 99.1 Å². The average molecular weight is 486 g/mol. The van der Waals surface area contributed by atoms with Crippen molar-refractivity contribution in [2.24, 2.45) is 0 Å². The van der Waals surface area contributed by atoms with E-state index in [0.717, 1.165) is 25.2 Å². The Morgan fingerprint density at radius 2 is 1.83 bits per heavy atom. The number of nitrogens with one attached hydrogen (secondary N) is 2. The van der Waals surface area contributed by atoms with Crippen molar-refractivity contribution in [3.8, 4) is 11.1 Å². The summed E-state index contributed by atoms with van der Waals surface area (Å²) < 4.78 is 13.4. The van der Waals surface area contributed by atoms with Crippen LogP contribution in [0.15, 0.2) is 60.9 Å². The number of aromatic nitrogens is 4. The molecule has 0 radical (unpaired) electrons. The van der Waals surface area contributed by atoms with E-state index < -0.39 is 11.5 Å². The number of pyridine rings is 2. The molecule has 4 aromatic rings. The molecule has 0 saturated heterocycles. The van der Waals surface area contributed by atoms with Crippen LogP contribution in [0.3, 0.4) is 0 Å². The Morgan fingerprint density at radius 3 is 2.61 bits per heavy atom. The van der Waals surface area contributed by atoms with Crippen LogP contribution in [0.25, 0.3) is 11.1 Å². The van der Waals surface area contributed by atoms with E-state index >= 15 is 0 Å². The number of rotatable bonds is 6. The van der Waals surface area contributed by atoms with Crippen molar-refractivity contribution in [2.75, 3.05) is 24.2 Å². The molecular weight excluding hydrogens is 457 g/mol. The Kier molecular flexibility index (Phi) is 6.34. The van der Waals surface area contributed by atoms with E-state index in [4.69, 9.17) is 4.98 Å². The number of benzene rings is 1. The van der Waals surface area contributed by atoms with Crippen LogP contribution >= 0.6 is 0 Å². The van der Waals surface area contributed by atoms with Gasteiger partial charge in [0.1, 0.15) is 17.2 Å². The molecule has 4 heterocycles.